The molecule has 0 aliphatic carbocycles. The van der Waals surface area contributed by atoms with Gasteiger partial charge in [0.2, 0.25) is 0 Å². The first-order valence-corrected chi connectivity index (χ1v) is 13.3. The van der Waals surface area contributed by atoms with Crippen LogP contribution in [0.4, 0.5) is 0 Å². The number of rotatable bonds is 9. The average molecular weight is 594 g/mol. The normalized spacial score (nSPS) is 16.2. The number of hydrogen-bond acceptors (Lipinski definition) is 7. The van der Waals surface area contributed by atoms with Crippen LogP contribution in [0.25, 0.3) is 5.76 Å². The first-order chi connectivity index (χ1) is 19.8. The van der Waals surface area contributed by atoms with E-state index in [0.29, 0.717) is 23.7 Å². The van der Waals surface area contributed by atoms with E-state index < -0.39 is 23.5 Å². The van der Waals surface area contributed by atoms with Crippen LogP contribution in [0, 0.1) is 0 Å². The molecule has 5 rings (SSSR count). The molecule has 210 valence electrons. The lowest BCUT2D eigenvalue weighted by Crippen LogP contribution is -2.29. The molecular weight excluding hydrogens is 569 g/mol. The van der Waals surface area contributed by atoms with Gasteiger partial charge in [-0.15, -0.1) is 0 Å². The lowest BCUT2D eigenvalue weighted by molar-refractivity contribution is -0.140. The number of ether oxygens (including phenoxy) is 3. The molecule has 4 aromatic rings. The van der Waals surface area contributed by atoms with Gasteiger partial charge in [-0.1, -0.05) is 65.7 Å². The molecule has 8 nitrogen and oxygen atoms in total. The van der Waals surface area contributed by atoms with Crippen molar-refractivity contribution in [2.45, 2.75) is 19.2 Å². The second-order valence-corrected chi connectivity index (χ2v) is 9.92. The highest BCUT2D eigenvalue weighted by molar-refractivity contribution is 6.47. The van der Waals surface area contributed by atoms with Crippen molar-refractivity contribution in [3.63, 3.8) is 0 Å². The number of ketones is 1. The van der Waals surface area contributed by atoms with Crippen molar-refractivity contribution in [1.82, 2.24) is 4.90 Å². The van der Waals surface area contributed by atoms with Crippen molar-refractivity contribution in [3.05, 3.63) is 117 Å². The van der Waals surface area contributed by atoms with Crippen molar-refractivity contribution in [3.8, 4) is 17.2 Å². The number of Topliss-reactive ketones (excluding diaryl/α,β-unsaturated/α-hetero) is 1. The van der Waals surface area contributed by atoms with E-state index in [2.05, 4.69) is 0 Å². The maximum atomic E-state index is 13.5. The largest absolute Gasteiger partial charge is 0.507 e. The van der Waals surface area contributed by atoms with Crippen LogP contribution in [0.15, 0.2) is 89.0 Å². The van der Waals surface area contributed by atoms with Gasteiger partial charge < -0.3 is 28.6 Å². The van der Waals surface area contributed by atoms with Crippen molar-refractivity contribution >= 4 is 40.7 Å². The van der Waals surface area contributed by atoms with Gasteiger partial charge in [0.1, 0.15) is 28.9 Å². The minimum Gasteiger partial charge on any atom is -0.507 e. The molecule has 1 atom stereocenters. The number of carbonyl (C=O) groups excluding carboxylic acids is 2. The summed E-state index contributed by atoms with van der Waals surface area (Å²) in [6, 6.07) is 20.5. The first-order valence-electron chi connectivity index (χ1n) is 12.5. The summed E-state index contributed by atoms with van der Waals surface area (Å²) in [5.74, 6) is -0.948. The minimum absolute atomic E-state index is 0.00494. The van der Waals surface area contributed by atoms with Gasteiger partial charge in [0, 0.05) is 0 Å². The third kappa shape index (κ3) is 5.49. The van der Waals surface area contributed by atoms with Crippen LogP contribution in [-0.4, -0.2) is 35.9 Å². The van der Waals surface area contributed by atoms with Gasteiger partial charge >= 0.3 is 0 Å². The Morgan fingerprint density at radius 3 is 2.29 bits per heavy atom. The molecule has 1 saturated heterocycles. The monoisotopic (exact) mass is 593 g/mol. The van der Waals surface area contributed by atoms with Gasteiger partial charge in [0.15, 0.2) is 11.5 Å². The van der Waals surface area contributed by atoms with Gasteiger partial charge in [-0.3, -0.25) is 9.59 Å². The molecule has 0 bridgehead atoms. The first kappa shape index (κ1) is 28.1. The van der Waals surface area contributed by atoms with E-state index in [1.54, 1.807) is 36.4 Å². The van der Waals surface area contributed by atoms with E-state index in [4.69, 9.17) is 41.8 Å². The van der Waals surface area contributed by atoms with Gasteiger partial charge in [-0.2, -0.15) is 0 Å². The Morgan fingerprint density at radius 1 is 0.951 bits per heavy atom. The van der Waals surface area contributed by atoms with Crippen LogP contribution < -0.4 is 14.2 Å². The maximum Gasteiger partial charge on any atom is 0.296 e. The molecule has 10 heteroatoms. The quantitative estimate of drug-likeness (QED) is 0.129. The highest BCUT2D eigenvalue weighted by Gasteiger charge is 2.47. The maximum absolute atomic E-state index is 13.5. The topological polar surface area (TPSA) is 98.4 Å². The van der Waals surface area contributed by atoms with Crippen LogP contribution in [0.1, 0.15) is 28.5 Å². The summed E-state index contributed by atoms with van der Waals surface area (Å²) < 4.78 is 22.1. The molecule has 1 amide bonds. The predicted octanol–water partition coefficient (Wildman–Crippen LogP) is 6.80. The molecule has 1 aliphatic rings. The van der Waals surface area contributed by atoms with Gasteiger partial charge in [0.25, 0.3) is 11.7 Å². The summed E-state index contributed by atoms with van der Waals surface area (Å²) in [6.45, 7) is 0.364. The Balaban J connectivity index is 1.59. The third-order valence-electron chi connectivity index (χ3n) is 6.69. The SMILES string of the molecule is COc1c(Cl)cc(/C(O)=C2\C(=O)C(=O)N(Cc3ccco3)C2c2ccc(OCc3ccccc3)cc2)c(OC)c1Cl. The Kier molecular flexibility index (Phi) is 8.23. The zero-order valence-electron chi connectivity index (χ0n) is 22.1. The molecule has 3 aromatic carbocycles. The standard InChI is InChI=1S/C31H25Cl2NO7/c1-38-29-22(15-23(32)30(39-2)25(29)33)27(35)24-26(34(31(37)28(24)36)16-21-9-6-14-40-21)19-10-12-20(13-11-19)41-17-18-7-4-3-5-8-18/h3-15,26,35H,16-17H2,1-2H3/b27-24+. The fourth-order valence-corrected chi connectivity index (χ4v) is 5.43. The molecule has 0 saturated carbocycles. The molecule has 1 aromatic heterocycles. The number of amides is 1. The number of nitrogens with zero attached hydrogens (tertiary/aromatic N) is 1. The predicted molar refractivity (Wildman–Crippen MR) is 153 cm³/mol. The average Bonchev–Trinajstić information content (AvgIpc) is 3.59. The van der Waals surface area contributed by atoms with E-state index in [1.807, 2.05) is 30.3 Å². The summed E-state index contributed by atoms with van der Waals surface area (Å²) in [5.41, 5.74) is 1.45. The fraction of sp³-hybridized carbons (Fsp3) is 0.161. The fourth-order valence-electron chi connectivity index (χ4n) is 4.74. The van der Waals surface area contributed by atoms with E-state index in [0.717, 1.165) is 5.56 Å². The summed E-state index contributed by atoms with van der Waals surface area (Å²) in [7, 11) is 2.74. The number of halogens is 2. The summed E-state index contributed by atoms with van der Waals surface area (Å²) in [5, 5.41) is 11.7. The van der Waals surface area contributed by atoms with Crippen LogP contribution in [0.5, 0.6) is 17.2 Å². The Morgan fingerprint density at radius 2 is 1.66 bits per heavy atom. The molecule has 1 fully saturated rings. The number of likely N-dealkylation sites (tertiary alicyclic amines) is 1. The van der Waals surface area contributed by atoms with E-state index in [1.165, 1.54) is 31.4 Å². The van der Waals surface area contributed by atoms with Gasteiger partial charge in [-0.05, 0) is 41.5 Å². The van der Waals surface area contributed by atoms with Crippen molar-refractivity contribution < 1.29 is 33.3 Å². The summed E-state index contributed by atoms with van der Waals surface area (Å²) >= 11 is 12.8. The number of furan rings is 1. The van der Waals surface area contributed by atoms with Crippen LogP contribution in [-0.2, 0) is 22.7 Å². The van der Waals surface area contributed by atoms with Gasteiger partial charge in [0.05, 0.1) is 49.2 Å². The molecule has 1 aliphatic heterocycles. The lowest BCUT2D eigenvalue weighted by atomic mass is 9.94. The van der Waals surface area contributed by atoms with Crippen molar-refractivity contribution in [2.24, 2.45) is 0 Å². The van der Waals surface area contributed by atoms with Crippen LogP contribution >= 0.6 is 23.2 Å². The highest BCUT2D eigenvalue weighted by atomic mass is 35.5. The Hall–Kier alpha value is -4.40. The number of aliphatic hydroxyl groups excluding tert-OH is 1. The molecule has 1 unspecified atom stereocenters. The minimum atomic E-state index is -0.965. The molecule has 0 spiro atoms. The number of methoxy groups -OCH3 is 2. The van der Waals surface area contributed by atoms with Crippen LogP contribution in [0.2, 0.25) is 10.0 Å². The molecular formula is C31H25Cl2NO7. The lowest BCUT2D eigenvalue weighted by Gasteiger charge is -2.25. The summed E-state index contributed by atoms with van der Waals surface area (Å²) in [6.07, 6.45) is 1.48. The van der Waals surface area contributed by atoms with E-state index >= 15 is 0 Å². The molecule has 41 heavy (non-hydrogen) atoms. The number of carbonyl (C=O) groups is 2. The second kappa shape index (κ2) is 12.0. The molecule has 2 heterocycles. The Bertz CT molecular complexity index is 1600. The number of aliphatic hydroxyl groups is 1. The number of benzene rings is 3. The third-order valence-corrected chi connectivity index (χ3v) is 7.31. The smallest absolute Gasteiger partial charge is 0.296 e. The Labute approximate surface area is 246 Å². The highest BCUT2D eigenvalue weighted by Crippen LogP contribution is 2.47. The van der Waals surface area contributed by atoms with E-state index in [-0.39, 0.29) is 39.2 Å². The van der Waals surface area contributed by atoms with Gasteiger partial charge in [-0.25, -0.2) is 0 Å². The molecule has 1 N–H and O–H groups in total. The molecule has 0 radical (unpaired) electrons. The zero-order chi connectivity index (χ0) is 29.1. The zero-order valence-corrected chi connectivity index (χ0v) is 23.6. The second-order valence-electron chi connectivity index (χ2n) is 9.14. The number of hydrogen-bond donors (Lipinski definition) is 1. The van der Waals surface area contributed by atoms with Crippen molar-refractivity contribution in [2.75, 3.05) is 14.2 Å². The van der Waals surface area contributed by atoms with Crippen LogP contribution in [0.3, 0.4) is 0 Å². The van der Waals surface area contributed by atoms with E-state index in [9.17, 15) is 14.7 Å². The van der Waals surface area contributed by atoms with Crippen molar-refractivity contribution in [1.29, 1.82) is 0 Å². The summed E-state index contributed by atoms with van der Waals surface area (Å²) in [4.78, 5) is 28.1.